The maximum Gasteiger partial charge on any atom is 0.193 e. The Morgan fingerprint density at radius 1 is 0.963 bits per heavy atom. The van der Waals surface area contributed by atoms with Gasteiger partial charge in [-0.3, -0.25) is 4.99 Å². The van der Waals surface area contributed by atoms with Crippen molar-refractivity contribution >= 4 is 29.9 Å². The number of guanidine groups is 1. The molecule has 2 rings (SSSR count). The van der Waals surface area contributed by atoms with E-state index in [1.54, 1.807) is 7.11 Å². The minimum atomic E-state index is 0. The molecule has 0 aliphatic rings. The van der Waals surface area contributed by atoms with Gasteiger partial charge in [0.25, 0.3) is 0 Å². The van der Waals surface area contributed by atoms with Gasteiger partial charge in [-0.05, 0) is 42.9 Å². The van der Waals surface area contributed by atoms with Gasteiger partial charge in [0.05, 0.1) is 7.11 Å². The Morgan fingerprint density at radius 2 is 1.59 bits per heavy atom. The lowest BCUT2D eigenvalue weighted by Gasteiger charge is -2.23. The lowest BCUT2D eigenvalue weighted by molar-refractivity contribution is 0.400. The van der Waals surface area contributed by atoms with Crippen molar-refractivity contribution in [2.45, 2.75) is 19.6 Å². The van der Waals surface area contributed by atoms with Crippen LogP contribution in [0, 0.1) is 0 Å². The van der Waals surface area contributed by atoms with Crippen LogP contribution in [0.2, 0.25) is 0 Å². The van der Waals surface area contributed by atoms with Crippen LogP contribution in [0.3, 0.4) is 0 Å². The smallest absolute Gasteiger partial charge is 0.193 e. The maximum atomic E-state index is 5.22. The van der Waals surface area contributed by atoms with Crippen LogP contribution in [0.15, 0.2) is 53.5 Å². The van der Waals surface area contributed by atoms with E-state index in [-0.39, 0.29) is 24.0 Å². The van der Waals surface area contributed by atoms with Crippen molar-refractivity contribution in [2.24, 2.45) is 4.99 Å². The number of nitrogens with zero attached hydrogens (tertiary/aromatic N) is 3. The van der Waals surface area contributed by atoms with E-state index in [2.05, 4.69) is 70.6 Å². The van der Waals surface area contributed by atoms with Crippen molar-refractivity contribution in [2.75, 3.05) is 35.3 Å². The first-order chi connectivity index (χ1) is 12.5. The largest absolute Gasteiger partial charge is 0.497 e. The van der Waals surface area contributed by atoms with E-state index < -0.39 is 0 Å². The number of benzene rings is 2. The second-order valence-corrected chi connectivity index (χ2v) is 6.61. The summed E-state index contributed by atoms with van der Waals surface area (Å²) in [6.45, 7) is 2.46. The van der Waals surface area contributed by atoms with Gasteiger partial charge in [0.15, 0.2) is 5.96 Å². The van der Waals surface area contributed by atoms with Gasteiger partial charge in [0.1, 0.15) is 5.75 Å². The molecule has 148 valence electrons. The molecule has 0 unspecified atom stereocenters. The molecular formula is C21H31IN4O. The zero-order valence-corrected chi connectivity index (χ0v) is 19.2. The zero-order chi connectivity index (χ0) is 18.9. The lowest BCUT2D eigenvalue weighted by atomic mass is 10.1. The number of aliphatic imine (C=N–C) groups is 1. The van der Waals surface area contributed by atoms with Crippen LogP contribution >= 0.6 is 24.0 Å². The summed E-state index contributed by atoms with van der Waals surface area (Å²) in [5, 5.41) is 3.47. The van der Waals surface area contributed by atoms with E-state index in [0.717, 1.165) is 31.3 Å². The highest BCUT2D eigenvalue weighted by Crippen LogP contribution is 2.13. The molecule has 6 heteroatoms. The molecular weight excluding hydrogens is 451 g/mol. The first-order valence-electron chi connectivity index (χ1n) is 8.79. The fourth-order valence-electron chi connectivity index (χ4n) is 2.86. The average Bonchev–Trinajstić information content (AvgIpc) is 2.63. The Labute approximate surface area is 180 Å². The van der Waals surface area contributed by atoms with Gasteiger partial charge in [-0.15, -0.1) is 24.0 Å². The fraction of sp³-hybridized carbons (Fsp3) is 0.381. The SMILES string of the molecule is CN=C(NCc1ccccc1CN(C)C)N(C)Cc1ccc(OC)cc1.I. The molecule has 0 saturated heterocycles. The molecule has 0 aliphatic heterocycles. The van der Waals surface area contributed by atoms with Crippen molar-refractivity contribution in [3.05, 3.63) is 65.2 Å². The van der Waals surface area contributed by atoms with Crippen molar-refractivity contribution in [3.8, 4) is 5.75 Å². The summed E-state index contributed by atoms with van der Waals surface area (Å²) in [7, 11) is 9.72. The number of halogens is 1. The highest BCUT2D eigenvalue weighted by Gasteiger charge is 2.09. The van der Waals surface area contributed by atoms with Crippen molar-refractivity contribution in [1.29, 1.82) is 0 Å². The van der Waals surface area contributed by atoms with Gasteiger partial charge in [0, 0.05) is 33.7 Å². The Bertz CT molecular complexity index is 716. The predicted molar refractivity (Wildman–Crippen MR) is 124 cm³/mol. The van der Waals surface area contributed by atoms with Gasteiger partial charge in [-0.2, -0.15) is 0 Å². The molecule has 0 aliphatic carbocycles. The van der Waals surface area contributed by atoms with Crippen LogP contribution in [-0.4, -0.2) is 51.1 Å². The van der Waals surface area contributed by atoms with Gasteiger partial charge >= 0.3 is 0 Å². The Balaban J connectivity index is 0.00000364. The standard InChI is InChI=1S/C21H30N4O.HI/c1-22-21(25(4)15-17-10-12-20(26-5)13-11-17)23-14-18-8-6-7-9-19(18)16-24(2)3;/h6-13H,14-16H2,1-5H3,(H,22,23);1H. The van der Waals surface area contributed by atoms with Crippen LogP contribution in [0.25, 0.3) is 0 Å². The lowest BCUT2D eigenvalue weighted by Crippen LogP contribution is -2.38. The number of ether oxygens (including phenoxy) is 1. The average molecular weight is 482 g/mol. The maximum absolute atomic E-state index is 5.22. The normalized spacial score (nSPS) is 11.1. The van der Waals surface area contributed by atoms with Crippen LogP contribution in [0.4, 0.5) is 0 Å². The molecule has 5 nitrogen and oxygen atoms in total. The molecule has 0 heterocycles. The predicted octanol–water partition coefficient (Wildman–Crippen LogP) is 3.58. The van der Waals surface area contributed by atoms with Gasteiger partial charge < -0.3 is 19.9 Å². The van der Waals surface area contributed by atoms with Crippen LogP contribution in [0.1, 0.15) is 16.7 Å². The summed E-state index contributed by atoms with van der Waals surface area (Å²) in [6.07, 6.45) is 0. The quantitative estimate of drug-likeness (QED) is 0.372. The Kier molecular flexibility index (Phi) is 10.2. The van der Waals surface area contributed by atoms with Gasteiger partial charge in [-0.1, -0.05) is 36.4 Å². The topological polar surface area (TPSA) is 40.1 Å². The molecule has 0 fully saturated rings. The summed E-state index contributed by atoms with van der Waals surface area (Å²) >= 11 is 0. The van der Waals surface area contributed by atoms with Crippen LogP contribution in [0.5, 0.6) is 5.75 Å². The molecule has 0 aromatic heterocycles. The number of methoxy groups -OCH3 is 1. The molecule has 0 radical (unpaired) electrons. The molecule has 2 aromatic carbocycles. The summed E-state index contributed by atoms with van der Waals surface area (Å²) in [6, 6.07) is 16.6. The van der Waals surface area contributed by atoms with Crippen molar-refractivity contribution < 1.29 is 4.74 Å². The molecule has 0 atom stereocenters. The van der Waals surface area contributed by atoms with Crippen molar-refractivity contribution in [1.82, 2.24) is 15.1 Å². The molecule has 27 heavy (non-hydrogen) atoms. The fourth-order valence-corrected chi connectivity index (χ4v) is 2.86. The van der Waals surface area contributed by atoms with Crippen LogP contribution < -0.4 is 10.1 Å². The first-order valence-corrected chi connectivity index (χ1v) is 8.79. The van der Waals surface area contributed by atoms with E-state index in [1.165, 1.54) is 16.7 Å². The van der Waals surface area contributed by atoms with Gasteiger partial charge in [0.2, 0.25) is 0 Å². The zero-order valence-electron chi connectivity index (χ0n) is 16.9. The third kappa shape index (κ3) is 7.38. The Morgan fingerprint density at radius 3 is 2.15 bits per heavy atom. The minimum Gasteiger partial charge on any atom is -0.497 e. The molecule has 0 saturated carbocycles. The monoisotopic (exact) mass is 482 g/mol. The second-order valence-electron chi connectivity index (χ2n) is 6.61. The minimum absolute atomic E-state index is 0. The Hall–Kier alpha value is -1.80. The molecule has 1 N–H and O–H groups in total. The highest BCUT2D eigenvalue weighted by molar-refractivity contribution is 14.0. The molecule has 2 aromatic rings. The van der Waals surface area contributed by atoms with E-state index in [9.17, 15) is 0 Å². The van der Waals surface area contributed by atoms with Crippen molar-refractivity contribution in [3.63, 3.8) is 0 Å². The molecule has 0 bridgehead atoms. The number of rotatable bonds is 7. The summed E-state index contributed by atoms with van der Waals surface area (Å²) < 4.78 is 5.22. The highest BCUT2D eigenvalue weighted by atomic mass is 127. The van der Waals surface area contributed by atoms with E-state index >= 15 is 0 Å². The summed E-state index contributed by atoms with van der Waals surface area (Å²) in [5.41, 5.74) is 3.84. The van der Waals surface area contributed by atoms with Crippen LogP contribution in [-0.2, 0) is 19.6 Å². The third-order valence-corrected chi connectivity index (χ3v) is 4.19. The summed E-state index contributed by atoms with van der Waals surface area (Å²) in [5.74, 6) is 1.75. The number of nitrogens with one attached hydrogen (secondary N) is 1. The van der Waals surface area contributed by atoms with E-state index in [0.29, 0.717) is 0 Å². The van der Waals surface area contributed by atoms with E-state index in [4.69, 9.17) is 4.74 Å². The van der Waals surface area contributed by atoms with E-state index in [1.807, 2.05) is 26.2 Å². The molecule has 0 spiro atoms. The molecule has 0 amide bonds. The summed E-state index contributed by atoms with van der Waals surface area (Å²) in [4.78, 5) is 8.73. The van der Waals surface area contributed by atoms with Gasteiger partial charge in [-0.25, -0.2) is 0 Å². The number of hydrogen-bond donors (Lipinski definition) is 1. The first kappa shape index (κ1) is 23.2. The third-order valence-electron chi connectivity index (χ3n) is 4.19. The second kappa shape index (κ2) is 11.8. The number of hydrogen-bond acceptors (Lipinski definition) is 3.